The van der Waals surface area contributed by atoms with Crippen LogP contribution in [0.4, 0.5) is 0 Å². The van der Waals surface area contributed by atoms with E-state index in [1.807, 2.05) is 17.8 Å². The van der Waals surface area contributed by atoms with Crippen molar-refractivity contribution in [3.63, 3.8) is 0 Å². The van der Waals surface area contributed by atoms with Gasteiger partial charge in [0.05, 0.1) is 0 Å². The number of thioether (sulfide) groups is 1. The van der Waals surface area contributed by atoms with Gasteiger partial charge in [0.25, 0.3) is 0 Å². The summed E-state index contributed by atoms with van der Waals surface area (Å²) in [6.07, 6.45) is 1.94. The highest BCUT2D eigenvalue weighted by Gasteiger charge is 2.00. The molecule has 1 rings (SSSR count). The van der Waals surface area contributed by atoms with Gasteiger partial charge >= 0.3 is 0 Å². The second-order valence-corrected chi connectivity index (χ2v) is 3.21. The van der Waals surface area contributed by atoms with Crippen molar-refractivity contribution in [2.45, 2.75) is 11.4 Å². The van der Waals surface area contributed by atoms with Gasteiger partial charge in [0, 0.05) is 17.0 Å². The van der Waals surface area contributed by atoms with Crippen LogP contribution in [0.25, 0.3) is 0 Å². The molecule has 0 atom stereocenters. The number of hydrogen-bond donors (Lipinski definition) is 3. The van der Waals surface area contributed by atoms with Crippen LogP contribution >= 0.6 is 11.8 Å². The minimum Gasteiger partial charge on any atom is -0.508 e. The maximum Gasteiger partial charge on any atom is 0.121 e. The normalized spacial score (nSPS) is 10.2. The molecule has 0 spiro atoms. The average Bonchev–Trinajstić information content (AvgIpc) is 2.09. The third-order valence-corrected chi connectivity index (χ3v) is 2.29. The molecule has 0 saturated heterocycles. The summed E-state index contributed by atoms with van der Waals surface area (Å²) in [5.41, 5.74) is 2.69. The molecule has 0 heterocycles. The summed E-state index contributed by atoms with van der Waals surface area (Å²) in [4.78, 5) is 1.01. The summed E-state index contributed by atoms with van der Waals surface area (Å²) >= 11 is 1.57. The fourth-order valence-corrected chi connectivity index (χ4v) is 1.34. The summed E-state index contributed by atoms with van der Waals surface area (Å²) in [7, 11) is 0. The van der Waals surface area contributed by atoms with E-state index in [9.17, 15) is 5.11 Å². The number of hydrogen-bond acceptors (Lipinski definition) is 4. The lowest BCUT2D eigenvalue weighted by Gasteiger charge is -2.04. The second kappa shape index (κ2) is 4.35. The maximum absolute atomic E-state index is 9.39. The Balaban J connectivity index is 2.87. The Hall–Kier alpha value is -0.710. The largest absolute Gasteiger partial charge is 0.508 e. The quantitative estimate of drug-likeness (QED) is 0.494. The fourth-order valence-electron chi connectivity index (χ4n) is 0.905. The first-order valence-corrected chi connectivity index (χ1v) is 4.73. The highest BCUT2D eigenvalue weighted by Crippen LogP contribution is 2.23. The van der Waals surface area contributed by atoms with E-state index >= 15 is 0 Å². The Kier molecular flexibility index (Phi) is 3.40. The molecule has 0 amide bonds. The predicted octanol–water partition coefficient (Wildman–Crippen LogP) is 1.59. The number of phenols is 1. The summed E-state index contributed by atoms with van der Waals surface area (Å²) in [5, 5.41) is 17.8. The first kappa shape index (κ1) is 9.38. The van der Waals surface area contributed by atoms with Crippen LogP contribution in [0.3, 0.4) is 0 Å². The van der Waals surface area contributed by atoms with Gasteiger partial charge in [-0.1, -0.05) is 6.07 Å². The highest BCUT2D eigenvalue weighted by atomic mass is 32.2. The topological polar surface area (TPSA) is 52.5 Å². The fraction of sp³-hybridized carbons (Fsp3) is 0.250. The van der Waals surface area contributed by atoms with Crippen LogP contribution < -0.4 is 5.48 Å². The van der Waals surface area contributed by atoms with Crippen LogP contribution in [0.5, 0.6) is 5.75 Å². The van der Waals surface area contributed by atoms with Gasteiger partial charge in [-0.15, -0.1) is 11.8 Å². The van der Waals surface area contributed by atoms with E-state index in [0.29, 0.717) is 5.56 Å². The van der Waals surface area contributed by atoms with E-state index < -0.39 is 0 Å². The van der Waals surface area contributed by atoms with Crippen LogP contribution in [-0.4, -0.2) is 16.6 Å². The number of rotatable bonds is 3. The van der Waals surface area contributed by atoms with Gasteiger partial charge in [-0.3, -0.25) is 0 Å². The number of aromatic hydroxyl groups is 1. The van der Waals surface area contributed by atoms with Crippen molar-refractivity contribution >= 4 is 11.8 Å². The van der Waals surface area contributed by atoms with Crippen LogP contribution in [0, 0.1) is 0 Å². The van der Waals surface area contributed by atoms with E-state index in [1.165, 1.54) is 0 Å². The van der Waals surface area contributed by atoms with E-state index in [1.54, 1.807) is 23.9 Å². The van der Waals surface area contributed by atoms with Crippen molar-refractivity contribution in [2.24, 2.45) is 0 Å². The lowest BCUT2D eigenvalue weighted by Crippen LogP contribution is -2.05. The van der Waals surface area contributed by atoms with Crippen LogP contribution in [0.2, 0.25) is 0 Å². The Morgan fingerprint density at radius 2 is 2.25 bits per heavy atom. The summed E-state index contributed by atoms with van der Waals surface area (Å²) < 4.78 is 0. The minimum absolute atomic E-state index is 0.211. The molecule has 0 aromatic heterocycles. The highest BCUT2D eigenvalue weighted by molar-refractivity contribution is 7.98. The third-order valence-electron chi connectivity index (χ3n) is 1.56. The Bertz CT molecular complexity index is 265. The predicted molar refractivity (Wildman–Crippen MR) is 48.5 cm³/mol. The minimum atomic E-state index is 0.211. The van der Waals surface area contributed by atoms with Gasteiger partial charge in [-0.05, 0) is 18.4 Å². The first-order valence-electron chi connectivity index (χ1n) is 3.50. The average molecular weight is 185 g/mol. The zero-order chi connectivity index (χ0) is 8.97. The molecular weight excluding hydrogens is 174 g/mol. The molecule has 0 aliphatic heterocycles. The first-order chi connectivity index (χ1) is 5.77. The molecule has 1 aromatic rings. The molecule has 0 bridgehead atoms. The van der Waals surface area contributed by atoms with Gasteiger partial charge in [-0.25, -0.2) is 5.48 Å². The van der Waals surface area contributed by atoms with Gasteiger partial charge in [0.2, 0.25) is 0 Å². The lowest BCUT2D eigenvalue weighted by molar-refractivity contribution is 0.160. The smallest absolute Gasteiger partial charge is 0.121 e. The lowest BCUT2D eigenvalue weighted by atomic mass is 10.2. The number of phenolic OH excluding ortho intramolecular Hbond substituents is 1. The van der Waals surface area contributed by atoms with E-state index in [4.69, 9.17) is 5.21 Å². The second-order valence-electron chi connectivity index (χ2n) is 2.33. The van der Waals surface area contributed by atoms with Crippen molar-refractivity contribution < 1.29 is 10.3 Å². The molecule has 1 aromatic carbocycles. The standard InChI is InChI=1S/C8H11NO2S/c1-12-7-3-2-6(5-9-11)8(10)4-7/h2-4,9-11H,5H2,1H3. The molecule has 0 fully saturated rings. The molecule has 3 nitrogen and oxygen atoms in total. The number of hydroxylamine groups is 1. The molecule has 0 aliphatic rings. The van der Waals surface area contributed by atoms with Crippen LogP contribution in [-0.2, 0) is 6.54 Å². The molecule has 0 unspecified atom stereocenters. The van der Waals surface area contributed by atoms with E-state index in [0.717, 1.165) is 4.90 Å². The molecule has 3 N–H and O–H groups in total. The summed E-state index contributed by atoms with van der Waals surface area (Å²) in [6.45, 7) is 0.264. The van der Waals surface area contributed by atoms with Crippen LogP contribution in [0.15, 0.2) is 23.1 Å². The summed E-state index contributed by atoms with van der Waals surface area (Å²) in [6, 6.07) is 5.36. The zero-order valence-electron chi connectivity index (χ0n) is 6.74. The Morgan fingerprint density at radius 1 is 1.50 bits per heavy atom. The van der Waals surface area contributed by atoms with E-state index in [2.05, 4.69) is 0 Å². The zero-order valence-corrected chi connectivity index (χ0v) is 7.56. The van der Waals surface area contributed by atoms with E-state index in [-0.39, 0.29) is 12.3 Å². The van der Waals surface area contributed by atoms with Crippen molar-refractivity contribution in [1.29, 1.82) is 0 Å². The SMILES string of the molecule is CSc1ccc(CNO)c(O)c1. The molecule has 0 saturated carbocycles. The number of benzene rings is 1. The molecule has 66 valence electrons. The molecule has 0 radical (unpaired) electrons. The Labute approximate surface area is 75.4 Å². The van der Waals surface area contributed by atoms with Crippen molar-refractivity contribution in [3.8, 4) is 5.75 Å². The molecule has 0 aliphatic carbocycles. The van der Waals surface area contributed by atoms with Gasteiger partial charge in [0.1, 0.15) is 5.75 Å². The molecule has 4 heteroatoms. The molecule has 12 heavy (non-hydrogen) atoms. The summed E-state index contributed by atoms with van der Waals surface area (Å²) in [5.74, 6) is 0.211. The van der Waals surface area contributed by atoms with Gasteiger partial charge in [-0.2, -0.15) is 0 Å². The van der Waals surface area contributed by atoms with Crippen molar-refractivity contribution in [3.05, 3.63) is 23.8 Å². The third kappa shape index (κ3) is 2.14. The van der Waals surface area contributed by atoms with Gasteiger partial charge < -0.3 is 10.3 Å². The van der Waals surface area contributed by atoms with Crippen LogP contribution in [0.1, 0.15) is 5.56 Å². The molecular formula is C8H11NO2S. The number of nitrogens with one attached hydrogen (secondary N) is 1. The maximum atomic E-state index is 9.39. The van der Waals surface area contributed by atoms with Gasteiger partial charge in [0.15, 0.2) is 0 Å². The van der Waals surface area contributed by atoms with Crippen molar-refractivity contribution in [2.75, 3.05) is 6.26 Å². The monoisotopic (exact) mass is 185 g/mol. The van der Waals surface area contributed by atoms with Crippen molar-refractivity contribution in [1.82, 2.24) is 5.48 Å². The Morgan fingerprint density at radius 3 is 2.75 bits per heavy atom.